The van der Waals surface area contributed by atoms with Crippen LogP contribution in [0.2, 0.25) is 0 Å². The molecule has 0 saturated carbocycles. The van der Waals surface area contributed by atoms with E-state index in [9.17, 15) is 0 Å². The van der Waals surface area contributed by atoms with Crippen molar-refractivity contribution in [2.24, 2.45) is 0 Å². The first-order valence-electron chi connectivity index (χ1n) is 3.68. The van der Waals surface area contributed by atoms with E-state index >= 15 is 0 Å². The molecule has 2 nitrogen and oxygen atoms in total. The maximum Gasteiger partial charge on any atom is 0.0371 e. The molecule has 0 unspecified atom stereocenters. The summed E-state index contributed by atoms with van der Waals surface area (Å²) < 4.78 is 0. The molecule has 60 valence electrons. The van der Waals surface area contributed by atoms with Crippen LogP contribution in [0, 0.1) is 0 Å². The molecule has 1 aromatic heterocycles. The third kappa shape index (κ3) is 3.28. The Bertz CT molecular complexity index is 189. The molecule has 1 heterocycles. The van der Waals surface area contributed by atoms with Gasteiger partial charge in [0.2, 0.25) is 0 Å². The molecule has 0 bridgehead atoms. The van der Waals surface area contributed by atoms with Crippen LogP contribution in [0.3, 0.4) is 0 Å². The fraction of sp³-hybridized carbons (Fsp3) is 0.375. The van der Waals surface area contributed by atoms with Crippen LogP contribution < -0.4 is 5.32 Å². The Morgan fingerprint density at radius 3 is 2.73 bits per heavy atom. The average Bonchev–Trinajstić information content (AvgIpc) is 2.07. The molecule has 1 N–H and O–H groups in total. The lowest BCUT2D eigenvalue weighted by Gasteiger charge is -2.02. The quantitative estimate of drug-likeness (QED) is 0.529. The molecule has 1 aromatic rings. The van der Waals surface area contributed by atoms with Crippen molar-refractivity contribution in [2.45, 2.75) is 6.42 Å². The third-order valence-corrected chi connectivity index (χ3v) is 1.66. The van der Waals surface area contributed by atoms with E-state index in [1.165, 1.54) is 0 Å². The lowest BCUT2D eigenvalue weighted by Crippen LogP contribution is -2.01. The predicted octanol–water partition coefficient (Wildman–Crippen LogP) is 1.81. The van der Waals surface area contributed by atoms with Crippen LogP contribution in [0.25, 0.3) is 0 Å². The van der Waals surface area contributed by atoms with E-state index in [2.05, 4.69) is 22.9 Å². The molecule has 0 aliphatic rings. The second kappa shape index (κ2) is 5.02. The lowest BCUT2D eigenvalue weighted by molar-refractivity contribution is 0.994. The number of hydrogen-bond donors (Lipinski definition) is 2. The van der Waals surface area contributed by atoms with Gasteiger partial charge in [-0.15, -0.1) is 0 Å². The van der Waals surface area contributed by atoms with E-state index in [1.54, 1.807) is 12.4 Å². The van der Waals surface area contributed by atoms with Crippen molar-refractivity contribution in [1.29, 1.82) is 0 Å². The monoisotopic (exact) mass is 168 g/mol. The normalized spacial score (nSPS) is 9.55. The Morgan fingerprint density at radius 1 is 1.36 bits per heavy atom. The van der Waals surface area contributed by atoms with E-state index in [-0.39, 0.29) is 0 Å². The third-order valence-electron chi connectivity index (χ3n) is 1.34. The van der Waals surface area contributed by atoms with Crippen molar-refractivity contribution in [3.05, 3.63) is 24.5 Å². The number of aromatic nitrogens is 1. The fourth-order valence-electron chi connectivity index (χ4n) is 0.782. The van der Waals surface area contributed by atoms with Gasteiger partial charge in [0.15, 0.2) is 0 Å². The molecular weight excluding hydrogens is 156 g/mol. The van der Waals surface area contributed by atoms with Crippen LogP contribution in [-0.2, 0) is 0 Å². The summed E-state index contributed by atoms with van der Waals surface area (Å²) in [6.07, 6.45) is 4.65. The SMILES string of the molecule is SCCCNc1ccncc1. The van der Waals surface area contributed by atoms with Crippen LogP contribution in [0.15, 0.2) is 24.5 Å². The van der Waals surface area contributed by atoms with Gasteiger partial charge in [-0.3, -0.25) is 4.98 Å². The van der Waals surface area contributed by atoms with E-state index in [0.717, 1.165) is 24.4 Å². The zero-order valence-corrected chi connectivity index (χ0v) is 7.22. The lowest BCUT2D eigenvalue weighted by atomic mass is 10.4. The number of anilines is 1. The van der Waals surface area contributed by atoms with Gasteiger partial charge in [0.05, 0.1) is 0 Å². The van der Waals surface area contributed by atoms with Gasteiger partial charge in [0.25, 0.3) is 0 Å². The molecule has 0 amide bonds. The molecule has 1 rings (SSSR count). The molecule has 0 radical (unpaired) electrons. The molecule has 0 fully saturated rings. The van der Waals surface area contributed by atoms with E-state index in [1.807, 2.05) is 12.1 Å². The number of nitrogens with zero attached hydrogens (tertiary/aromatic N) is 1. The second-order valence-corrected chi connectivity index (χ2v) is 2.69. The minimum Gasteiger partial charge on any atom is -0.385 e. The van der Waals surface area contributed by atoms with Gasteiger partial charge in [-0.05, 0) is 24.3 Å². The highest BCUT2D eigenvalue weighted by molar-refractivity contribution is 7.80. The van der Waals surface area contributed by atoms with Gasteiger partial charge in [0.1, 0.15) is 0 Å². The average molecular weight is 168 g/mol. The van der Waals surface area contributed by atoms with Crippen LogP contribution in [0.5, 0.6) is 0 Å². The highest BCUT2D eigenvalue weighted by atomic mass is 32.1. The van der Waals surface area contributed by atoms with Gasteiger partial charge >= 0.3 is 0 Å². The van der Waals surface area contributed by atoms with Crippen molar-refractivity contribution in [3.63, 3.8) is 0 Å². The number of rotatable bonds is 4. The summed E-state index contributed by atoms with van der Waals surface area (Å²) in [6, 6.07) is 3.91. The van der Waals surface area contributed by atoms with Crippen LogP contribution in [-0.4, -0.2) is 17.3 Å². The van der Waals surface area contributed by atoms with Gasteiger partial charge in [-0.2, -0.15) is 12.6 Å². The predicted molar refractivity (Wildman–Crippen MR) is 51.2 cm³/mol. The molecule has 0 atom stereocenters. The molecule has 0 aromatic carbocycles. The number of nitrogens with one attached hydrogen (secondary N) is 1. The zero-order chi connectivity index (χ0) is 7.94. The molecule has 11 heavy (non-hydrogen) atoms. The topological polar surface area (TPSA) is 24.9 Å². The highest BCUT2D eigenvalue weighted by Gasteiger charge is 1.87. The fourth-order valence-corrected chi connectivity index (χ4v) is 0.940. The molecule has 0 spiro atoms. The Balaban J connectivity index is 2.28. The summed E-state index contributed by atoms with van der Waals surface area (Å²) in [5.74, 6) is 0.929. The van der Waals surface area contributed by atoms with Gasteiger partial charge in [0, 0.05) is 24.6 Å². The Hall–Kier alpha value is -0.700. The van der Waals surface area contributed by atoms with Crippen molar-refractivity contribution in [2.75, 3.05) is 17.6 Å². The highest BCUT2D eigenvalue weighted by Crippen LogP contribution is 2.02. The number of thiol groups is 1. The van der Waals surface area contributed by atoms with Crippen molar-refractivity contribution >= 4 is 18.3 Å². The molecule has 0 aliphatic heterocycles. The summed E-state index contributed by atoms with van der Waals surface area (Å²) >= 11 is 4.11. The minimum atomic E-state index is 0.929. The number of hydrogen-bond acceptors (Lipinski definition) is 3. The largest absolute Gasteiger partial charge is 0.385 e. The van der Waals surface area contributed by atoms with Crippen LogP contribution in [0.1, 0.15) is 6.42 Å². The summed E-state index contributed by atoms with van der Waals surface area (Å²) in [7, 11) is 0. The summed E-state index contributed by atoms with van der Waals surface area (Å²) in [6.45, 7) is 0.980. The van der Waals surface area contributed by atoms with Gasteiger partial charge in [-0.25, -0.2) is 0 Å². The second-order valence-electron chi connectivity index (χ2n) is 2.24. The maximum atomic E-state index is 4.11. The molecular formula is C8H12N2S. The Labute approximate surface area is 72.5 Å². The molecule has 0 saturated heterocycles. The standard InChI is InChI=1S/C8H12N2S/c11-7-1-4-10-8-2-5-9-6-3-8/h2-3,5-6,11H,1,4,7H2,(H,9,10). The van der Waals surface area contributed by atoms with Crippen LogP contribution in [0.4, 0.5) is 5.69 Å². The Morgan fingerprint density at radius 2 is 2.09 bits per heavy atom. The summed E-state index contributed by atoms with van der Waals surface area (Å²) in [5.41, 5.74) is 1.13. The molecule has 0 aliphatic carbocycles. The zero-order valence-electron chi connectivity index (χ0n) is 6.33. The maximum absolute atomic E-state index is 4.11. The van der Waals surface area contributed by atoms with Crippen molar-refractivity contribution < 1.29 is 0 Å². The minimum absolute atomic E-state index is 0.929. The van der Waals surface area contributed by atoms with E-state index in [4.69, 9.17) is 0 Å². The Kier molecular flexibility index (Phi) is 3.83. The molecule has 3 heteroatoms. The summed E-state index contributed by atoms with van der Waals surface area (Å²) in [5, 5.41) is 3.26. The van der Waals surface area contributed by atoms with Crippen molar-refractivity contribution in [1.82, 2.24) is 4.98 Å². The number of pyridine rings is 1. The van der Waals surface area contributed by atoms with Gasteiger partial charge < -0.3 is 5.32 Å². The summed E-state index contributed by atoms with van der Waals surface area (Å²) in [4.78, 5) is 3.92. The van der Waals surface area contributed by atoms with Crippen LogP contribution >= 0.6 is 12.6 Å². The first-order chi connectivity index (χ1) is 5.43. The smallest absolute Gasteiger partial charge is 0.0371 e. The van der Waals surface area contributed by atoms with Crippen molar-refractivity contribution in [3.8, 4) is 0 Å². The first-order valence-corrected chi connectivity index (χ1v) is 4.31. The van der Waals surface area contributed by atoms with E-state index in [0.29, 0.717) is 0 Å². The first kappa shape index (κ1) is 8.40. The van der Waals surface area contributed by atoms with Gasteiger partial charge in [-0.1, -0.05) is 0 Å². The van der Waals surface area contributed by atoms with E-state index < -0.39 is 0 Å².